The van der Waals surface area contributed by atoms with Crippen LogP contribution in [0.1, 0.15) is 12.0 Å². The van der Waals surface area contributed by atoms with Crippen LogP contribution in [0.15, 0.2) is 42.5 Å². The Labute approximate surface area is 121 Å². The van der Waals surface area contributed by atoms with Gasteiger partial charge in [-0.05, 0) is 35.4 Å². The number of ether oxygens (including phenoxy) is 1. The first-order chi connectivity index (χ1) is 9.76. The van der Waals surface area contributed by atoms with Crippen LogP contribution in [0.5, 0.6) is 5.75 Å². The van der Waals surface area contributed by atoms with Crippen LogP contribution in [0.3, 0.4) is 0 Å². The van der Waals surface area contributed by atoms with E-state index in [0.29, 0.717) is 11.1 Å². The Morgan fingerprint density at radius 2 is 1.48 bits per heavy atom. The fourth-order valence-corrected chi connectivity index (χ4v) is 1.94. The summed E-state index contributed by atoms with van der Waals surface area (Å²) in [6.45, 7) is 0. The molecule has 0 heterocycles. The maximum absolute atomic E-state index is 12.7. The second kappa shape index (κ2) is 5.89. The number of halogens is 6. The van der Waals surface area contributed by atoms with Crippen LogP contribution in [0, 0.1) is 0 Å². The summed E-state index contributed by atoms with van der Waals surface area (Å²) in [5.41, 5.74) is 0.570. The molecule has 1 nitrogen and oxygen atoms in total. The van der Waals surface area contributed by atoms with Crippen molar-refractivity contribution in [1.29, 1.82) is 0 Å². The van der Waals surface area contributed by atoms with Crippen LogP contribution in [-0.4, -0.2) is 6.36 Å². The average Bonchev–Trinajstić information content (AvgIpc) is 2.38. The molecule has 0 aliphatic rings. The minimum atomic E-state index is -4.77. The largest absolute Gasteiger partial charge is 0.573 e. The maximum atomic E-state index is 12.7. The molecule has 7 heteroatoms. The van der Waals surface area contributed by atoms with Gasteiger partial charge in [0, 0.05) is 10.6 Å². The molecule has 2 rings (SSSR count). The second-order valence-corrected chi connectivity index (χ2v) is 4.52. The van der Waals surface area contributed by atoms with Crippen molar-refractivity contribution in [2.45, 2.75) is 12.8 Å². The quantitative estimate of drug-likeness (QED) is 0.645. The third-order valence-corrected chi connectivity index (χ3v) is 3.00. The minimum absolute atomic E-state index is 0.0641. The van der Waals surface area contributed by atoms with Crippen molar-refractivity contribution in [3.05, 3.63) is 53.1 Å². The zero-order valence-corrected chi connectivity index (χ0v) is 11.1. The van der Waals surface area contributed by atoms with Crippen molar-refractivity contribution in [3.8, 4) is 16.9 Å². The molecule has 0 atom stereocenters. The van der Waals surface area contributed by atoms with Gasteiger partial charge in [0.15, 0.2) is 0 Å². The fourth-order valence-electron chi connectivity index (χ4n) is 1.74. The lowest BCUT2D eigenvalue weighted by Gasteiger charge is -2.10. The van der Waals surface area contributed by atoms with Gasteiger partial charge in [0.25, 0.3) is 6.43 Å². The number of benzene rings is 2. The summed E-state index contributed by atoms with van der Waals surface area (Å²) >= 11 is 5.65. The van der Waals surface area contributed by atoms with E-state index in [1.165, 1.54) is 30.3 Å². The van der Waals surface area contributed by atoms with Gasteiger partial charge in [-0.1, -0.05) is 29.8 Å². The summed E-state index contributed by atoms with van der Waals surface area (Å²) in [5.74, 6) is -0.380. The highest BCUT2D eigenvalue weighted by atomic mass is 35.5. The van der Waals surface area contributed by atoms with Crippen LogP contribution in [0.2, 0.25) is 5.02 Å². The van der Waals surface area contributed by atoms with Gasteiger partial charge in [0.05, 0.1) is 0 Å². The van der Waals surface area contributed by atoms with Gasteiger partial charge in [-0.15, -0.1) is 13.2 Å². The first kappa shape index (κ1) is 15.6. The van der Waals surface area contributed by atoms with Gasteiger partial charge in [-0.25, -0.2) is 8.78 Å². The van der Waals surface area contributed by atoms with Crippen LogP contribution in [0.25, 0.3) is 11.1 Å². The Hall–Kier alpha value is -1.82. The highest BCUT2D eigenvalue weighted by molar-refractivity contribution is 6.31. The zero-order valence-electron chi connectivity index (χ0n) is 10.3. The number of alkyl halides is 5. The molecule has 0 unspecified atom stereocenters. The van der Waals surface area contributed by atoms with E-state index in [-0.39, 0.29) is 16.3 Å². The molecule has 0 saturated heterocycles. The lowest BCUT2D eigenvalue weighted by molar-refractivity contribution is -0.274. The Morgan fingerprint density at radius 3 is 2.00 bits per heavy atom. The van der Waals surface area contributed by atoms with Gasteiger partial charge in [-0.3, -0.25) is 0 Å². The molecule has 0 bridgehead atoms. The van der Waals surface area contributed by atoms with E-state index in [9.17, 15) is 22.0 Å². The Bertz CT molecular complexity index is 622. The molecule has 0 radical (unpaired) electrons. The Kier molecular flexibility index (Phi) is 4.37. The summed E-state index contributed by atoms with van der Waals surface area (Å²) in [5, 5.41) is -0.0641. The molecule has 21 heavy (non-hydrogen) atoms. The zero-order chi connectivity index (χ0) is 15.6. The highest BCUT2D eigenvalue weighted by Crippen LogP contribution is 2.32. The summed E-state index contributed by atoms with van der Waals surface area (Å²) in [6, 6.07) is 8.94. The molecule has 112 valence electrons. The molecule has 0 saturated carbocycles. The molecule has 0 amide bonds. The van der Waals surface area contributed by atoms with E-state index < -0.39 is 12.8 Å². The third-order valence-electron chi connectivity index (χ3n) is 2.65. The number of hydrogen-bond donors (Lipinski definition) is 0. The van der Waals surface area contributed by atoms with Crippen LogP contribution < -0.4 is 4.74 Å². The van der Waals surface area contributed by atoms with E-state index >= 15 is 0 Å². The lowest BCUT2D eigenvalue weighted by Crippen LogP contribution is -2.16. The summed E-state index contributed by atoms with van der Waals surface area (Å²) < 4.78 is 65.3. The van der Waals surface area contributed by atoms with E-state index in [0.717, 1.165) is 12.1 Å². The molecule has 0 N–H and O–H groups in total. The molecular formula is C14H8ClF5O. The second-order valence-electron chi connectivity index (χ2n) is 4.11. The first-order valence-electron chi connectivity index (χ1n) is 5.70. The molecule has 0 spiro atoms. The summed E-state index contributed by atoms with van der Waals surface area (Å²) in [7, 11) is 0. The van der Waals surface area contributed by atoms with Gasteiger partial charge in [0.2, 0.25) is 0 Å². The van der Waals surface area contributed by atoms with Gasteiger partial charge in [-0.2, -0.15) is 0 Å². The van der Waals surface area contributed by atoms with Crippen LogP contribution >= 0.6 is 11.6 Å². The van der Waals surface area contributed by atoms with Crippen molar-refractivity contribution < 1.29 is 26.7 Å². The average molecular weight is 323 g/mol. The molecular weight excluding hydrogens is 315 g/mol. The van der Waals surface area contributed by atoms with Crippen LogP contribution in [0.4, 0.5) is 22.0 Å². The highest BCUT2D eigenvalue weighted by Gasteiger charge is 2.30. The smallest absolute Gasteiger partial charge is 0.406 e. The Morgan fingerprint density at radius 1 is 0.905 bits per heavy atom. The molecule has 2 aromatic carbocycles. The number of rotatable bonds is 3. The van der Waals surface area contributed by atoms with Crippen molar-refractivity contribution in [3.63, 3.8) is 0 Å². The lowest BCUT2D eigenvalue weighted by atomic mass is 10.0. The van der Waals surface area contributed by atoms with Gasteiger partial charge < -0.3 is 4.74 Å². The van der Waals surface area contributed by atoms with Crippen molar-refractivity contribution >= 4 is 11.6 Å². The minimum Gasteiger partial charge on any atom is -0.406 e. The van der Waals surface area contributed by atoms with Gasteiger partial charge >= 0.3 is 6.36 Å². The molecule has 0 fully saturated rings. The number of hydrogen-bond acceptors (Lipinski definition) is 1. The van der Waals surface area contributed by atoms with E-state index in [1.807, 2.05) is 0 Å². The van der Waals surface area contributed by atoms with Crippen molar-refractivity contribution in [1.82, 2.24) is 0 Å². The molecule has 2 aromatic rings. The first-order valence-corrected chi connectivity index (χ1v) is 6.08. The van der Waals surface area contributed by atoms with E-state index in [4.69, 9.17) is 11.6 Å². The summed E-state index contributed by atoms with van der Waals surface area (Å²) in [6.07, 6.45) is -7.50. The topological polar surface area (TPSA) is 9.23 Å². The van der Waals surface area contributed by atoms with E-state index in [2.05, 4.69) is 4.74 Å². The predicted molar refractivity (Wildman–Crippen MR) is 68.5 cm³/mol. The molecule has 0 aliphatic heterocycles. The van der Waals surface area contributed by atoms with Crippen molar-refractivity contribution in [2.75, 3.05) is 0 Å². The van der Waals surface area contributed by atoms with Crippen molar-refractivity contribution in [2.24, 2.45) is 0 Å². The van der Waals surface area contributed by atoms with Crippen LogP contribution in [-0.2, 0) is 0 Å². The maximum Gasteiger partial charge on any atom is 0.573 e. The fraction of sp³-hybridized carbons (Fsp3) is 0.143. The van der Waals surface area contributed by atoms with Gasteiger partial charge in [0.1, 0.15) is 5.75 Å². The van der Waals surface area contributed by atoms with E-state index in [1.54, 1.807) is 0 Å². The molecule has 0 aliphatic carbocycles. The third kappa shape index (κ3) is 4.07. The predicted octanol–water partition coefficient (Wildman–Crippen LogP) is 5.84. The normalized spacial score (nSPS) is 11.8. The molecule has 0 aromatic heterocycles. The Balaban J connectivity index is 2.29. The monoisotopic (exact) mass is 322 g/mol. The SMILES string of the molecule is FC(F)c1cc(-c2ccc(OC(F)(F)F)cc2)ccc1Cl. The standard InChI is InChI=1S/C14H8ClF5O/c15-12-6-3-9(7-11(12)13(16)17)8-1-4-10(5-2-8)21-14(18,19)20/h1-7,13H. The summed E-state index contributed by atoms with van der Waals surface area (Å²) in [4.78, 5) is 0.